The van der Waals surface area contributed by atoms with Gasteiger partial charge in [-0.1, -0.05) is 24.3 Å². The quantitative estimate of drug-likeness (QED) is 0.352. The number of carboxylic acid groups (broad SMARTS) is 1. The first-order valence-electron chi connectivity index (χ1n) is 7.83. The molecule has 0 spiro atoms. The second-order valence-electron chi connectivity index (χ2n) is 5.52. The summed E-state index contributed by atoms with van der Waals surface area (Å²) in [5, 5.41) is 22.2. The number of aliphatic carboxylic acids is 1. The molecule has 1 aromatic carbocycles. The largest absolute Gasteiger partial charge is 0.481 e. The van der Waals surface area contributed by atoms with E-state index in [9.17, 15) is 0 Å². The summed E-state index contributed by atoms with van der Waals surface area (Å²) in [4.78, 5) is 13.4. The van der Waals surface area contributed by atoms with Gasteiger partial charge < -0.3 is 21.0 Å². The van der Waals surface area contributed by atoms with Crippen molar-refractivity contribution in [1.29, 1.82) is 10.8 Å². The van der Waals surface area contributed by atoms with Gasteiger partial charge in [0.25, 0.3) is 5.97 Å². The summed E-state index contributed by atoms with van der Waals surface area (Å²) in [6.45, 7) is 1.08. The number of amidine groups is 2. The Balaban J connectivity index is 0.000000596. The van der Waals surface area contributed by atoms with Crippen LogP contribution < -0.4 is 11.5 Å². The van der Waals surface area contributed by atoms with E-state index in [1.807, 2.05) is 24.3 Å². The van der Waals surface area contributed by atoms with Gasteiger partial charge in [-0.15, -0.1) is 0 Å². The van der Waals surface area contributed by atoms with Crippen molar-refractivity contribution in [3.63, 3.8) is 0 Å². The van der Waals surface area contributed by atoms with Crippen LogP contribution in [0.25, 0.3) is 22.6 Å². The van der Waals surface area contributed by atoms with Crippen molar-refractivity contribution in [2.75, 3.05) is 0 Å². The predicted molar refractivity (Wildman–Crippen MR) is 103 cm³/mol. The number of pyridine rings is 1. The van der Waals surface area contributed by atoms with E-state index in [4.69, 9.17) is 36.6 Å². The number of carbonyl (C=O) groups is 1. The molecule has 0 atom stereocenters. The maximum atomic E-state index is 9.00. The first-order valence-corrected chi connectivity index (χ1v) is 7.83. The Morgan fingerprint density at radius 3 is 2.00 bits per heavy atom. The molecule has 0 aliphatic rings. The third kappa shape index (κ3) is 5.27. The minimum Gasteiger partial charge on any atom is -0.481 e. The van der Waals surface area contributed by atoms with E-state index in [0.717, 1.165) is 23.7 Å². The number of hydrogen-bond acceptors (Lipinski definition) is 5. The zero-order chi connectivity index (χ0) is 20.0. The van der Waals surface area contributed by atoms with Gasteiger partial charge in [-0.05, 0) is 24.3 Å². The van der Waals surface area contributed by atoms with Crippen molar-refractivity contribution in [2.24, 2.45) is 11.5 Å². The smallest absolute Gasteiger partial charge is 0.300 e. The molecule has 8 heteroatoms. The first-order chi connectivity index (χ1) is 12.8. The van der Waals surface area contributed by atoms with Crippen molar-refractivity contribution >= 4 is 17.6 Å². The van der Waals surface area contributed by atoms with Crippen LogP contribution in [0.15, 0.2) is 59.1 Å². The average molecular weight is 365 g/mol. The number of nitrogen functional groups attached to an aromatic ring is 2. The molecule has 138 valence electrons. The Morgan fingerprint density at radius 1 is 0.963 bits per heavy atom. The lowest BCUT2D eigenvalue weighted by molar-refractivity contribution is -0.134. The summed E-state index contributed by atoms with van der Waals surface area (Å²) >= 11 is 0. The summed E-state index contributed by atoms with van der Waals surface area (Å²) in [7, 11) is 0. The first kappa shape index (κ1) is 19.4. The predicted octanol–water partition coefficient (Wildman–Crippen LogP) is 2.67. The number of carboxylic acids is 1. The average Bonchev–Trinajstić information content (AvgIpc) is 3.12. The maximum absolute atomic E-state index is 9.00. The van der Waals surface area contributed by atoms with Crippen LogP contribution in [0.1, 0.15) is 18.2 Å². The van der Waals surface area contributed by atoms with Crippen molar-refractivity contribution in [2.45, 2.75) is 6.92 Å². The van der Waals surface area contributed by atoms with Gasteiger partial charge in [0.1, 0.15) is 11.6 Å². The van der Waals surface area contributed by atoms with E-state index in [0.29, 0.717) is 17.1 Å². The van der Waals surface area contributed by atoms with E-state index in [-0.39, 0.29) is 11.7 Å². The molecule has 0 fully saturated rings. The van der Waals surface area contributed by atoms with E-state index in [1.165, 1.54) is 0 Å². The molecule has 7 N–H and O–H groups in total. The van der Waals surface area contributed by atoms with E-state index in [2.05, 4.69) is 4.98 Å². The molecule has 2 aromatic heterocycles. The SMILES string of the molecule is CC(=O)O.N=C(N)c1ccc(-c2ccc(-c3ccc(C(=N)N)o3)cn2)cc1. The number of aromatic nitrogens is 1. The van der Waals surface area contributed by atoms with Gasteiger partial charge in [-0.2, -0.15) is 0 Å². The van der Waals surface area contributed by atoms with Gasteiger partial charge in [0.2, 0.25) is 0 Å². The molecule has 3 rings (SSSR count). The van der Waals surface area contributed by atoms with Gasteiger partial charge >= 0.3 is 0 Å². The van der Waals surface area contributed by atoms with Crippen LogP contribution in [0.3, 0.4) is 0 Å². The summed E-state index contributed by atoms with van der Waals surface area (Å²) in [5.41, 5.74) is 14.1. The number of rotatable bonds is 4. The molecule has 0 radical (unpaired) electrons. The highest BCUT2D eigenvalue weighted by atomic mass is 16.4. The van der Waals surface area contributed by atoms with Crippen molar-refractivity contribution in [3.8, 4) is 22.6 Å². The van der Waals surface area contributed by atoms with Gasteiger partial charge in [-0.3, -0.25) is 20.6 Å². The van der Waals surface area contributed by atoms with Gasteiger partial charge in [0.05, 0.1) is 5.69 Å². The van der Waals surface area contributed by atoms with E-state index in [1.54, 1.807) is 30.5 Å². The Bertz CT molecular complexity index is 956. The summed E-state index contributed by atoms with van der Waals surface area (Å²) in [6.07, 6.45) is 1.71. The standard InChI is InChI=1S/C17H15N5O.C2H4O2/c18-16(19)11-3-1-10(2-4-11)13-6-5-12(9-22-13)14-7-8-15(23-14)17(20)21;1-2(3)4/h1-9H,(H3,18,19)(H3,20,21);1H3,(H,3,4). The van der Waals surface area contributed by atoms with Crippen LogP contribution in [0.4, 0.5) is 0 Å². The zero-order valence-corrected chi connectivity index (χ0v) is 14.6. The zero-order valence-electron chi connectivity index (χ0n) is 14.6. The molecule has 0 saturated carbocycles. The van der Waals surface area contributed by atoms with Crippen molar-refractivity contribution in [3.05, 3.63) is 66.1 Å². The normalized spacial score (nSPS) is 9.81. The number of hydrogen-bond donors (Lipinski definition) is 5. The van der Waals surface area contributed by atoms with Gasteiger partial charge in [-0.25, -0.2) is 0 Å². The van der Waals surface area contributed by atoms with E-state index < -0.39 is 5.97 Å². The number of nitrogens with one attached hydrogen (secondary N) is 2. The van der Waals surface area contributed by atoms with Gasteiger partial charge in [0.15, 0.2) is 11.6 Å². The fourth-order valence-electron chi connectivity index (χ4n) is 2.17. The molecule has 0 saturated heterocycles. The number of nitrogens with two attached hydrogens (primary N) is 2. The minimum absolute atomic E-state index is 0.0407. The van der Waals surface area contributed by atoms with Crippen LogP contribution >= 0.6 is 0 Å². The minimum atomic E-state index is -0.833. The summed E-state index contributed by atoms with van der Waals surface area (Å²) < 4.78 is 5.49. The molecule has 0 amide bonds. The van der Waals surface area contributed by atoms with Crippen molar-refractivity contribution < 1.29 is 14.3 Å². The lowest BCUT2D eigenvalue weighted by atomic mass is 10.1. The molecule has 3 aromatic rings. The molecule has 0 aliphatic carbocycles. The fraction of sp³-hybridized carbons (Fsp3) is 0.0526. The second-order valence-corrected chi connectivity index (χ2v) is 5.52. The topological polar surface area (TPSA) is 163 Å². The molecular formula is C19H19N5O3. The van der Waals surface area contributed by atoms with Crippen LogP contribution in [0.5, 0.6) is 0 Å². The Kier molecular flexibility index (Phi) is 6.06. The number of nitrogens with zero attached hydrogens (tertiary/aromatic N) is 1. The second kappa shape index (κ2) is 8.43. The molecule has 0 unspecified atom stereocenters. The van der Waals surface area contributed by atoms with Crippen LogP contribution in [0, 0.1) is 10.8 Å². The van der Waals surface area contributed by atoms with E-state index >= 15 is 0 Å². The third-order valence-corrected chi connectivity index (χ3v) is 3.41. The lowest BCUT2D eigenvalue weighted by Crippen LogP contribution is -2.10. The van der Waals surface area contributed by atoms with Crippen LogP contribution in [-0.2, 0) is 4.79 Å². The highest BCUT2D eigenvalue weighted by molar-refractivity contribution is 5.95. The summed E-state index contributed by atoms with van der Waals surface area (Å²) in [5.74, 6) is 0.0513. The molecule has 0 aliphatic heterocycles. The highest BCUT2D eigenvalue weighted by Crippen LogP contribution is 2.24. The number of furan rings is 1. The Morgan fingerprint density at radius 2 is 1.56 bits per heavy atom. The molecule has 2 heterocycles. The number of benzene rings is 1. The molecular weight excluding hydrogens is 346 g/mol. The van der Waals surface area contributed by atoms with Crippen molar-refractivity contribution in [1.82, 2.24) is 4.98 Å². The molecule has 27 heavy (non-hydrogen) atoms. The van der Waals surface area contributed by atoms with Gasteiger partial charge in [0, 0.05) is 29.8 Å². The monoisotopic (exact) mass is 365 g/mol. The Labute approximate surface area is 155 Å². The molecule has 0 bridgehead atoms. The highest BCUT2D eigenvalue weighted by Gasteiger charge is 2.08. The Hall–Kier alpha value is -3.94. The fourth-order valence-corrected chi connectivity index (χ4v) is 2.17. The molecule has 8 nitrogen and oxygen atoms in total. The summed E-state index contributed by atoms with van der Waals surface area (Å²) in [6, 6.07) is 14.5. The maximum Gasteiger partial charge on any atom is 0.300 e. The van der Waals surface area contributed by atoms with Crippen LogP contribution in [-0.4, -0.2) is 27.7 Å². The van der Waals surface area contributed by atoms with Crippen LogP contribution in [0.2, 0.25) is 0 Å². The third-order valence-electron chi connectivity index (χ3n) is 3.41. The lowest BCUT2D eigenvalue weighted by Gasteiger charge is -2.04.